The standard InChI is InChI=1S/C8H14F3NO/c1-6(2)13-7(8(9,10)11)4-12(3)5-7/h6H,4-5H2,1-3H3. The number of likely N-dealkylation sites (tertiary alicyclic amines) is 1. The van der Waals surface area contributed by atoms with Gasteiger partial charge in [0.1, 0.15) is 0 Å². The van der Waals surface area contributed by atoms with E-state index >= 15 is 0 Å². The predicted molar refractivity (Wildman–Crippen MR) is 42.5 cm³/mol. The molecule has 0 aromatic rings. The first-order valence-corrected chi connectivity index (χ1v) is 4.20. The number of rotatable bonds is 2. The minimum atomic E-state index is -4.26. The number of alkyl halides is 3. The molecule has 78 valence electrons. The van der Waals surface area contributed by atoms with Crippen LogP contribution in [0, 0.1) is 0 Å². The lowest BCUT2D eigenvalue weighted by atomic mass is 9.93. The molecule has 1 aliphatic heterocycles. The molecule has 1 saturated heterocycles. The SMILES string of the molecule is CC(C)OC1(C(F)(F)F)CN(C)C1. The summed E-state index contributed by atoms with van der Waals surface area (Å²) < 4.78 is 42.6. The predicted octanol–water partition coefficient (Wildman–Crippen LogP) is 1.66. The zero-order valence-electron chi connectivity index (χ0n) is 7.98. The van der Waals surface area contributed by atoms with Crippen molar-refractivity contribution in [2.45, 2.75) is 31.7 Å². The molecular formula is C8H14F3NO. The Labute approximate surface area is 75.7 Å². The van der Waals surface area contributed by atoms with Crippen molar-refractivity contribution >= 4 is 0 Å². The van der Waals surface area contributed by atoms with Crippen LogP contribution in [0.5, 0.6) is 0 Å². The third-order valence-electron chi connectivity index (χ3n) is 2.03. The molecule has 1 rings (SSSR count). The van der Waals surface area contributed by atoms with Crippen LogP contribution in [-0.4, -0.2) is 42.9 Å². The van der Waals surface area contributed by atoms with Crippen molar-refractivity contribution in [3.8, 4) is 0 Å². The van der Waals surface area contributed by atoms with Crippen LogP contribution in [0.2, 0.25) is 0 Å². The van der Waals surface area contributed by atoms with Crippen molar-refractivity contribution in [2.24, 2.45) is 0 Å². The van der Waals surface area contributed by atoms with Gasteiger partial charge in [-0.2, -0.15) is 13.2 Å². The lowest BCUT2D eigenvalue weighted by Gasteiger charge is -2.49. The smallest absolute Gasteiger partial charge is 0.360 e. The van der Waals surface area contributed by atoms with E-state index < -0.39 is 17.9 Å². The summed E-state index contributed by atoms with van der Waals surface area (Å²) in [4.78, 5) is 1.59. The molecule has 13 heavy (non-hydrogen) atoms. The Balaban J connectivity index is 2.67. The van der Waals surface area contributed by atoms with Gasteiger partial charge in [-0.3, -0.25) is 4.90 Å². The Morgan fingerprint density at radius 3 is 2.00 bits per heavy atom. The fourth-order valence-electron chi connectivity index (χ4n) is 1.60. The lowest BCUT2D eigenvalue weighted by Crippen LogP contribution is -2.69. The second-order valence-corrected chi connectivity index (χ2v) is 3.83. The van der Waals surface area contributed by atoms with E-state index in [4.69, 9.17) is 4.74 Å². The van der Waals surface area contributed by atoms with E-state index in [1.165, 1.54) is 0 Å². The summed E-state index contributed by atoms with van der Waals surface area (Å²) in [6.07, 6.45) is -4.65. The zero-order valence-corrected chi connectivity index (χ0v) is 7.98. The van der Waals surface area contributed by atoms with Crippen LogP contribution in [0.25, 0.3) is 0 Å². The van der Waals surface area contributed by atoms with Gasteiger partial charge in [0, 0.05) is 13.1 Å². The van der Waals surface area contributed by atoms with Crippen molar-refractivity contribution in [3.63, 3.8) is 0 Å². The molecule has 0 atom stereocenters. The number of nitrogens with zero attached hydrogens (tertiary/aromatic N) is 1. The van der Waals surface area contributed by atoms with E-state index in [0.29, 0.717) is 0 Å². The largest absolute Gasteiger partial charge is 0.419 e. The van der Waals surface area contributed by atoms with E-state index in [1.807, 2.05) is 0 Å². The Kier molecular flexibility index (Phi) is 2.60. The Morgan fingerprint density at radius 1 is 1.31 bits per heavy atom. The van der Waals surface area contributed by atoms with Crippen LogP contribution < -0.4 is 0 Å². The minimum Gasteiger partial charge on any atom is -0.360 e. The number of likely N-dealkylation sites (N-methyl/N-ethyl adjacent to an activating group) is 1. The average molecular weight is 197 g/mol. The summed E-state index contributed by atoms with van der Waals surface area (Å²) in [6, 6.07) is 0. The van der Waals surface area contributed by atoms with Gasteiger partial charge in [0.05, 0.1) is 6.10 Å². The third-order valence-corrected chi connectivity index (χ3v) is 2.03. The van der Waals surface area contributed by atoms with E-state index in [2.05, 4.69) is 0 Å². The molecule has 1 aliphatic rings. The van der Waals surface area contributed by atoms with Gasteiger partial charge in [0.25, 0.3) is 0 Å². The highest BCUT2D eigenvalue weighted by Crippen LogP contribution is 2.40. The van der Waals surface area contributed by atoms with Crippen LogP contribution in [0.1, 0.15) is 13.8 Å². The number of ether oxygens (including phenoxy) is 1. The highest BCUT2D eigenvalue weighted by atomic mass is 19.4. The Hall–Kier alpha value is -0.290. The number of halogens is 3. The van der Waals surface area contributed by atoms with Gasteiger partial charge in [0.15, 0.2) is 5.60 Å². The molecule has 0 aliphatic carbocycles. The molecule has 0 bridgehead atoms. The normalized spacial score (nSPS) is 23.3. The van der Waals surface area contributed by atoms with Gasteiger partial charge >= 0.3 is 6.18 Å². The quantitative estimate of drug-likeness (QED) is 0.667. The maximum absolute atomic E-state index is 12.5. The van der Waals surface area contributed by atoms with Crippen LogP contribution >= 0.6 is 0 Å². The third kappa shape index (κ3) is 1.96. The van der Waals surface area contributed by atoms with Crippen molar-refractivity contribution < 1.29 is 17.9 Å². The second-order valence-electron chi connectivity index (χ2n) is 3.83. The van der Waals surface area contributed by atoms with Gasteiger partial charge in [-0.25, -0.2) is 0 Å². The molecule has 0 saturated carbocycles. The molecule has 0 aromatic heterocycles. The van der Waals surface area contributed by atoms with E-state index in [0.717, 1.165) is 0 Å². The zero-order chi connectivity index (χ0) is 10.3. The Morgan fingerprint density at radius 2 is 1.77 bits per heavy atom. The fourth-order valence-corrected chi connectivity index (χ4v) is 1.60. The molecule has 1 fully saturated rings. The van der Waals surface area contributed by atoms with Crippen molar-refractivity contribution in [3.05, 3.63) is 0 Å². The second kappa shape index (κ2) is 3.13. The molecule has 0 N–H and O–H groups in total. The van der Waals surface area contributed by atoms with Crippen LogP contribution in [0.4, 0.5) is 13.2 Å². The highest BCUT2D eigenvalue weighted by molar-refractivity contribution is 5.02. The molecule has 0 radical (unpaired) electrons. The van der Waals surface area contributed by atoms with Gasteiger partial charge < -0.3 is 4.74 Å². The summed E-state index contributed by atoms with van der Waals surface area (Å²) >= 11 is 0. The summed E-state index contributed by atoms with van der Waals surface area (Å²) in [5.74, 6) is 0. The molecule has 0 aromatic carbocycles. The van der Waals surface area contributed by atoms with Crippen molar-refractivity contribution in [1.29, 1.82) is 0 Å². The summed E-state index contributed by atoms with van der Waals surface area (Å²) in [6.45, 7) is 3.11. The molecule has 0 unspecified atom stereocenters. The topological polar surface area (TPSA) is 12.5 Å². The first-order chi connectivity index (χ1) is 5.77. The van der Waals surface area contributed by atoms with E-state index in [9.17, 15) is 13.2 Å². The molecule has 5 heteroatoms. The fraction of sp³-hybridized carbons (Fsp3) is 1.00. The first-order valence-electron chi connectivity index (χ1n) is 4.20. The van der Waals surface area contributed by atoms with Crippen LogP contribution in [0.3, 0.4) is 0 Å². The average Bonchev–Trinajstić information content (AvgIpc) is 1.79. The maximum Gasteiger partial charge on any atom is 0.419 e. The summed E-state index contributed by atoms with van der Waals surface area (Å²) in [5, 5.41) is 0. The molecule has 2 nitrogen and oxygen atoms in total. The maximum atomic E-state index is 12.5. The molecular weight excluding hydrogens is 183 g/mol. The van der Waals surface area contributed by atoms with Crippen molar-refractivity contribution in [1.82, 2.24) is 4.90 Å². The van der Waals surface area contributed by atoms with Gasteiger partial charge in [-0.1, -0.05) is 0 Å². The molecule has 0 spiro atoms. The van der Waals surface area contributed by atoms with Crippen LogP contribution in [-0.2, 0) is 4.74 Å². The van der Waals surface area contributed by atoms with Gasteiger partial charge in [-0.05, 0) is 20.9 Å². The summed E-state index contributed by atoms with van der Waals surface area (Å²) in [5.41, 5.74) is -1.92. The minimum absolute atomic E-state index is 0.0608. The first kappa shape index (κ1) is 10.8. The van der Waals surface area contributed by atoms with E-state index in [1.54, 1.807) is 25.8 Å². The van der Waals surface area contributed by atoms with E-state index in [-0.39, 0.29) is 13.1 Å². The van der Waals surface area contributed by atoms with Gasteiger partial charge in [0.2, 0.25) is 0 Å². The Bertz CT molecular complexity index is 184. The van der Waals surface area contributed by atoms with Crippen LogP contribution in [0.15, 0.2) is 0 Å². The molecule has 0 amide bonds. The highest BCUT2D eigenvalue weighted by Gasteiger charge is 2.62. The number of hydrogen-bond donors (Lipinski definition) is 0. The molecule has 1 heterocycles. The summed E-state index contributed by atoms with van der Waals surface area (Å²) in [7, 11) is 1.65. The number of hydrogen-bond acceptors (Lipinski definition) is 2. The van der Waals surface area contributed by atoms with Crippen molar-refractivity contribution in [2.75, 3.05) is 20.1 Å². The van der Waals surface area contributed by atoms with Gasteiger partial charge in [-0.15, -0.1) is 0 Å². The monoisotopic (exact) mass is 197 g/mol. The lowest BCUT2D eigenvalue weighted by molar-refractivity contribution is -0.324.